The molecule has 2 aromatic rings. The Morgan fingerprint density at radius 3 is 2.38 bits per heavy atom. The molecule has 0 atom stereocenters. The highest BCUT2D eigenvalue weighted by Gasteiger charge is 2.06. The van der Waals surface area contributed by atoms with E-state index in [1.54, 1.807) is 0 Å². The van der Waals surface area contributed by atoms with Crippen molar-refractivity contribution in [2.75, 3.05) is 35.2 Å². The molecular formula is C19H24ClN3O. The van der Waals surface area contributed by atoms with E-state index in [0.717, 1.165) is 35.7 Å². The molecule has 0 aliphatic heterocycles. The Hall–Kier alpha value is -2.20. The molecule has 1 amide bonds. The number of halogens is 1. The van der Waals surface area contributed by atoms with E-state index in [2.05, 4.69) is 29.4 Å². The summed E-state index contributed by atoms with van der Waals surface area (Å²) in [4.78, 5) is 14.4. The summed E-state index contributed by atoms with van der Waals surface area (Å²) in [6.07, 6.45) is 0. The van der Waals surface area contributed by atoms with Crippen LogP contribution in [0.2, 0.25) is 5.02 Å². The zero-order chi connectivity index (χ0) is 17.5. The molecule has 0 unspecified atom stereocenters. The fourth-order valence-electron chi connectivity index (χ4n) is 2.52. The summed E-state index contributed by atoms with van der Waals surface area (Å²) >= 11 is 6.08. The van der Waals surface area contributed by atoms with E-state index in [9.17, 15) is 4.79 Å². The second-order valence-corrected chi connectivity index (χ2v) is 5.94. The van der Waals surface area contributed by atoms with Gasteiger partial charge in [0.2, 0.25) is 5.91 Å². The zero-order valence-corrected chi connectivity index (χ0v) is 15.2. The monoisotopic (exact) mass is 345 g/mol. The van der Waals surface area contributed by atoms with Crippen molar-refractivity contribution < 1.29 is 4.79 Å². The van der Waals surface area contributed by atoms with Crippen LogP contribution in [-0.4, -0.2) is 25.5 Å². The van der Waals surface area contributed by atoms with Crippen LogP contribution in [0.5, 0.6) is 0 Å². The first-order valence-corrected chi connectivity index (χ1v) is 8.56. The van der Waals surface area contributed by atoms with Gasteiger partial charge >= 0.3 is 0 Å². The standard InChI is InChI=1S/C19H24ClN3O/c1-4-23(5-2)16-11-9-15(10-12-16)22-19(24)13-21-18-8-6-7-17(20)14(18)3/h6-12,21H,4-5,13H2,1-3H3,(H,22,24). The van der Waals surface area contributed by atoms with Gasteiger partial charge in [-0.05, 0) is 62.7 Å². The maximum Gasteiger partial charge on any atom is 0.243 e. The van der Waals surface area contributed by atoms with Gasteiger partial charge in [-0.15, -0.1) is 0 Å². The number of carbonyl (C=O) groups excluding carboxylic acids is 1. The highest BCUT2D eigenvalue weighted by molar-refractivity contribution is 6.31. The second-order valence-electron chi connectivity index (χ2n) is 5.53. The molecule has 2 aromatic carbocycles. The molecule has 0 saturated carbocycles. The maximum atomic E-state index is 12.1. The number of rotatable bonds is 7. The van der Waals surface area contributed by atoms with E-state index in [-0.39, 0.29) is 12.5 Å². The Morgan fingerprint density at radius 2 is 1.75 bits per heavy atom. The van der Waals surface area contributed by atoms with Crippen molar-refractivity contribution in [1.82, 2.24) is 0 Å². The van der Waals surface area contributed by atoms with Gasteiger partial charge in [0.15, 0.2) is 0 Å². The first-order valence-electron chi connectivity index (χ1n) is 8.19. The summed E-state index contributed by atoms with van der Waals surface area (Å²) in [6, 6.07) is 13.5. The minimum atomic E-state index is -0.0926. The van der Waals surface area contributed by atoms with Crippen LogP contribution in [0.1, 0.15) is 19.4 Å². The van der Waals surface area contributed by atoms with Crippen molar-refractivity contribution in [3.8, 4) is 0 Å². The lowest BCUT2D eigenvalue weighted by atomic mass is 10.2. The molecule has 0 aromatic heterocycles. The number of anilines is 3. The van der Waals surface area contributed by atoms with Crippen LogP contribution in [0.25, 0.3) is 0 Å². The molecule has 0 spiro atoms. The molecule has 24 heavy (non-hydrogen) atoms. The van der Waals surface area contributed by atoms with Crippen molar-refractivity contribution in [2.24, 2.45) is 0 Å². The third-order valence-electron chi connectivity index (χ3n) is 3.99. The van der Waals surface area contributed by atoms with Crippen LogP contribution in [-0.2, 0) is 4.79 Å². The molecular weight excluding hydrogens is 322 g/mol. The SMILES string of the molecule is CCN(CC)c1ccc(NC(=O)CNc2cccc(Cl)c2C)cc1. The Labute approximate surface area is 148 Å². The molecule has 0 bridgehead atoms. The smallest absolute Gasteiger partial charge is 0.243 e. The number of amides is 1. The normalized spacial score (nSPS) is 10.3. The Balaban J connectivity index is 1.91. The van der Waals surface area contributed by atoms with Crippen molar-refractivity contribution >= 4 is 34.6 Å². The number of hydrogen-bond donors (Lipinski definition) is 2. The Kier molecular flexibility index (Phi) is 6.50. The molecule has 2 rings (SSSR count). The average Bonchev–Trinajstić information content (AvgIpc) is 2.59. The molecule has 5 heteroatoms. The van der Waals surface area contributed by atoms with Crippen molar-refractivity contribution in [3.05, 3.63) is 53.1 Å². The van der Waals surface area contributed by atoms with E-state index in [4.69, 9.17) is 11.6 Å². The molecule has 0 fully saturated rings. The minimum Gasteiger partial charge on any atom is -0.376 e. The van der Waals surface area contributed by atoms with E-state index in [1.807, 2.05) is 49.4 Å². The molecule has 4 nitrogen and oxygen atoms in total. The number of carbonyl (C=O) groups is 1. The summed E-state index contributed by atoms with van der Waals surface area (Å²) in [7, 11) is 0. The quantitative estimate of drug-likeness (QED) is 0.774. The Morgan fingerprint density at radius 1 is 1.08 bits per heavy atom. The van der Waals surface area contributed by atoms with E-state index in [1.165, 1.54) is 0 Å². The first kappa shape index (κ1) is 18.1. The number of nitrogens with one attached hydrogen (secondary N) is 2. The molecule has 0 aliphatic rings. The lowest BCUT2D eigenvalue weighted by molar-refractivity contribution is -0.114. The van der Waals surface area contributed by atoms with Crippen LogP contribution in [0.3, 0.4) is 0 Å². The van der Waals surface area contributed by atoms with Gasteiger partial charge in [-0.1, -0.05) is 17.7 Å². The Bertz CT molecular complexity index is 682. The van der Waals surface area contributed by atoms with Gasteiger partial charge in [-0.2, -0.15) is 0 Å². The summed E-state index contributed by atoms with van der Waals surface area (Å²) in [5, 5.41) is 6.70. The van der Waals surface area contributed by atoms with Gasteiger partial charge < -0.3 is 15.5 Å². The predicted octanol–water partition coefficient (Wildman–Crippen LogP) is 4.55. The van der Waals surface area contributed by atoms with E-state index < -0.39 is 0 Å². The van der Waals surface area contributed by atoms with Gasteiger partial charge in [-0.3, -0.25) is 4.79 Å². The van der Waals surface area contributed by atoms with Crippen LogP contribution < -0.4 is 15.5 Å². The molecule has 0 saturated heterocycles. The number of hydrogen-bond acceptors (Lipinski definition) is 3. The summed E-state index contributed by atoms with van der Waals surface area (Å²) in [6.45, 7) is 8.30. The number of nitrogens with zero attached hydrogens (tertiary/aromatic N) is 1. The summed E-state index contributed by atoms with van der Waals surface area (Å²) in [5.74, 6) is -0.0926. The van der Waals surface area contributed by atoms with Crippen LogP contribution in [0.4, 0.5) is 17.1 Å². The molecule has 2 N–H and O–H groups in total. The van der Waals surface area contributed by atoms with Gasteiger partial charge in [0, 0.05) is 35.2 Å². The van der Waals surface area contributed by atoms with Gasteiger partial charge in [-0.25, -0.2) is 0 Å². The zero-order valence-electron chi connectivity index (χ0n) is 14.4. The molecule has 0 aliphatic carbocycles. The molecule has 0 heterocycles. The van der Waals surface area contributed by atoms with Crippen molar-refractivity contribution in [1.29, 1.82) is 0 Å². The lowest BCUT2D eigenvalue weighted by Gasteiger charge is -2.21. The summed E-state index contributed by atoms with van der Waals surface area (Å²) < 4.78 is 0. The summed E-state index contributed by atoms with van der Waals surface area (Å²) in [5.41, 5.74) is 3.76. The maximum absolute atomic E-state index is 12.1. The second kappa shape index (κ2) is 8.60. The number of benzene rings is 2. The lowest BCUT2D eigenvalue weighted by Crippen LogP contribution is -2.23. The third kappa shape index (κ3) is 4.65. The predicted molar refractivity (Wildman–Crippen MR) is 103 cm³/mol. The average molecular weight is 346 g/mol. The largest absolute Gasteiger partial charge is 0.376 e. The van der Waals surface area contributed by atoms with Gasteiger partial charge in [0.1, 0.15) is 0 Å². The van der Waals surface area contributed by atoms with Gasteiger partial charge in [0.25, 0.3) is 0 Å². The van der Waals surface area contributed by atoms with Crippen LogP contribution in [0.15, 0.2) is 42.5 Å². The van der Waals surface area contributed by atoms with E-state index in [0.29, 0.717) is 5.02 Å². The van der Waals surface area contributed by atoms with Gasteiger partial charge in [0.05, 0.1) is 6.54 Å². The van der Waals surface area contributed by atoms with Crippen molar-refractivity contribution in [2.45, 2.75) is 20.8 Å². The van der Waals surface area contributed by atoms with E-state index >= 15 is 0 Å². The highest BCUT2D eigenvalue weighted by Crippen LogP contribution is 2.22. The highest BCUT2D eigenvalue weighted by atomic mass is 35.5. The first-order chi connectivity index (χ1) is 11.5. The van der Waals surface area contributed by atoms with Crippen LogP contribution in [0, 0.1) is 6.92 Å². The molecule has 0 radical (unpaired) electrons. The fourth-order valence-corrected chi connectivity index (χ4v) is 2.70. The third-order valence-corrected chi connectivity index (χ3v) is 4.40. The van der Waals surface area contributed by atoms with Crippen LogP contribution >= 0.6 is 11.6 Å². The molecule has 128 valence electrons. The van der Waals surface area contributed by atoms with Crippen molar-refractivity contribution in [3.63, 3.8) is 0 Å². The minimum absolute atomic E-state index is 0.0926. The topological polar surface area (TPSA) is 44.4 Å². The fraction of sp³-hybridized carbons (Fsp3) is 0.316.